The average Bonchev–Trinajstić information content (AvgIpc) is 2.57. The Balaban J connectivity index is 2.43. The van der Waals surface area contributed by atoms with Gasteiger partial charge in [-0.3, -0.25) is 14.5 Å². The minimum absolute atomic E-state index is 0.487. The summed E-state index contributed by atoms with van der Waals surface area (Å²) in [6.45, 7) is 0. The predicted molar refractivity (Wildman–Crippen MR) is 63.9 cm³/mol. The van der Waals surface area contributed by atoms with Crippen molar-refractivity contribution >= 4 is 34.3 Å². The smallest absolute Gasteiger partial charge is 0.235 e. The van der Waals surface area contributed by atoms with Crippen LogP contribution in [0, 0.1) is 13.8 Å². The lowest BCUT2D eigenvalue weighted by Gasteiger charge is -1.95. The maximum absolute atomic E-state index is 10.1. The van der Waals surface area contributed by atoms with Crippen molar-refractivity contribution < 1.29 is 4.92 Å². The number of fused-ring (bicyclic) bond motifs is 1. The van der Waals surface area contributed by atoms with Crippen LogP contribution >= 0.6 is 22.6 Å². The summed E-state index contributed by atoms with van der Waals surface area (Å²) in [6.07, 6.45) is 5.95. The van der Waals surface area contributed by atoms with Crippen LogP contribution in [0.25, 0.3) is 11.7 Å². The number of hydrogen-bond acceptors (Lipinski definition) is 3. The number of nitro groups is 1. The standard InChI is InChI=1S/C9H6IN3O2/c10-8-6-11-9-5-7(1-3-12(8)9)2-4-13(14)15/h1-6H/b4-2+. The van der Waals surface area contributed by atoms with E-state index in [0.717, 1.165) is 21.1 Å². The van der Waals surface area contributed by atoms with Gasteiger partial charge in [-0.05, 0) is 40.3 Å². The summed E-state index contributed by atoms with van der Waals surface area (Å²) in [5.74, 6) is 0. The molecule has 0 aliphatic heterocycles. The Kier molecular flexibility index (Phi) is 2.67. The SMILES string of the molecule is O=[N+]([O-])/C=C/c1ccn2c(I)cnc2c1. The van der Waals surface area contributed by atoms with E-state index in [1.54, 1.807) is 18.3 Å². The normalized spacial score (nSPS) is 11.3. The van der Waals surface area contributed by atoms with Crippen molar-refractivity contribution in [3.8, 4) is 0 Å². The second kappa shape index (κ2) is 3.97. The number of imidazole rings is 1. The molecule has 0 spiro atoms. The Labute approximate surface area is 98.7 Å². The lowest BCUT2D eigenvalue weighted by atomic mass is 10.2. The Morgan fingerprint density at radius 3 is 3.13 bits per heavy atom. The highest BCUT2D eigenvalue weighted by Gasteiger charge is 1.99. The molecule has 0 aromatic carbocycles. The van der Waals surface area contributed by atoms with E-state index in [4.69, 9.17) is 0 Å². The van der Waals surface area contributed by atoms with E-state index < -0.39 is 4.92 Å². The molecule has 0 bridgehead atoms. The minimum atomic E-state index is -0.487. The van der Waals surface area contributed by atoms with Crippen molar-refractivity contribution in [3.05, 3.63) is 50.1 Å². The zero-order valence-electron chi connectivity index (χ0n) is 7.50. The third-order valence-electron chi connectivity index (χ3n) is 1.88. The zero-order chi connectivity index (χ0) is 10.8. The lowest BCUT2D eigenvalue weighted by Crippen LogP contribution is -1.87. The summed E-state index contributed by atoms with van der Waals surface area (Å²) in [5.41, 5.74) is 1.55. The van der Waals surface area contributed by atoms with Crippen molar-refractivity contribution in [3.63, 3.8) is 0 Å². The van der Waals surface area contributed by atoms with Crippen LogP contribution in [-0.4, -0.2) is 14.3 Å². The van der Waals surface area contributed by atoms with Gasteiger partial charge in [0.1, 0.15) is 9.35 Å². The van der Waals surface area contributed by atoms with Gasteiger partial charge in [0.25, 0.3) is 0 Å². The number of hydrogen-bond donors (Lipinski definition) is 0. The Morgan fingerprint density at radius 1 is 1.60 bits per heavy atom. The molecule has 2 heterocycles. The molecule has 76 valence electrons. The number of pyridine rings is 1. The van der Waals surface area contributed by atoms with Crippen LogP contribution in [-0.2, 0) is 0 Å². The van der Waals surface area contributed by atoms with Gasteiger partial charge in [-0.15, -0.1) is 0 Å². The molecule has 0 fully saturated rings. The van der Waals surface area contributed by atoms with Gasteiger partial charge in [-0.25, -0.2) is 4.98 Å². The molecule has 0 saturated heterocycles. The number of nitrogens with zero attached hydrogens (tertiary/aromatic N) is 3. The highest BCUT2D eigenvalue weighted by molar-refractivity contribution is 14.1. The highest BCUT2D eigenvalue weighted by Crippen LogP contribution is 2.12. The monoisotopic (exact) mass is 315 g/mol. The molecule has 2 aromatic heterocycles. The second-order valence-electron chi connectivity index (χ2n) is 2.87. The Bertz CT molecular complexity index is 547. The third-order valence-corrected chi connectivity index (χ3v) is 2.68. The number of halogens is 1. The van der Waals surface area contributed by atoms with E-state index >= 15 is 0 Å². The van der Waals surface area contributed by atoms with Crippen molar-refractivity contribution in [1.29, 1.82) is 0 Å². The number of rotatable bonds is 2. The summed E-state index contributed by atoms with van der Waals surface area (Å²) < 4.78 is 2.91. The largest absolute Gasteiger partial charge is 0.295 e. The first kappa shape index (κ1) is 10.1. The maximum atomic E-state index is 10.1. The molecule has 0 radical (unpaired) electrons. The first-order chi connectivity index (χ1) is 7.16. The van der Waals surface area contributed by atoms with Crippen LogP contribution in [0.5, 0.6) is 0 Å². The van der Waals surface area contributed by atoms with Gasteiger partial charge in [-0.2, -0.15) is 0 Å². The first-order valence-electron chi connectivity index (χ1n) is 4.11. The molecule has 5 nitrogen and oxygen atoms in total. The van der Waals surface area contributed by atoms with E-state index in [1.807, 2.05) is 10.6 Å². The van der Waals surface area contributed by atoms with Crippen LogP contribution < -0.4 is 0 Å². The summed E-state index contributed by atoms with van der Waals surface area (Å²) in [4.78, 5) is 13.8. The molecule has 0 unspecified atom stereocenters. The van der Waals surface area contributed by atoms with Gasteiger partial charge in [0.05, 0.1) is 11.1 Å². The summed E-state index contributed by atoms with van der Waals surface area (Å²) in [5, 5.41) is 10.1. The van der Waals surface area contributed by atoms with Crippen LogP contribution in [0.4, 0.5) is 0 Å². The van der Waals surface area contributed by atoms with E-state index in [1.165, 1.54) is 6.08 Å². The predicted octanol–water partition coefficient (Wildman–Crippen LogP) is 2.19. The lowest BCUT2D eigenvalue weighted by molar-refractivity contribution is -0.400. The van der Waals surface area contributed by atoms with Crippen molar-refractivity contribution in [2.75, 3.05) is 0 Å². The molecule has 15 heavy (non-hydrogen) atoms. The molecule has 0 saturated carbocycles. The van der Waals surface area contributed by atoms with Crippen molar-refractivity contribution in [2.24, 2.45) is 0 Å². The summed E-state index contributed by atoms with van der Waals surface area (Å²) in [7, 11) is 0. The molecule has 2 rings (SSSR count). The van der Waals surface area contributed by atoms with Crippen LogP contribution in [0.2, 0.25) is 0 Å². The topological polar surface area (TPSA) is 60.4 Å². The minimum Gasteiger partial charge on any atom is -0.295 e. The molecule has 0 amide bonds. The van der Waals surface area contributed by atoms with Gasteiger partial charge >= 0.3 is 0 Å². The fourth-order valence-corrected chi connectivity index (χ4v) is 1.76. The Hall–Kier alpha value is -1.44. The van der Waals surface area contributed by atoms with E-state index in [0.29, 0.717) is 0 Å². The fourth-order valence-electron chi connectivity index (χ4n) is 1.22. The molecule has 6 heteroatoms. The zero-order valence-corrected chi connectivity index (χ0v) is 9.66. The van der Waals surface area contributed by atoms with Gasteiger partial charge in [0.2, 0.25) is 6.20 Å². The first-order valence-corrected chi connectivity index (χ1v) is 5.19. The van der Waals surface area contributed by atoms with Crippen molar-refractivity contribution in [2.45, 2.75) is 0 Å². The summed E-state index contributed by atoms with van der Waals surface area (Å²) in [6, 6.07) is 3.60. The van der Waals surface area contributed by atoms with Gasteiger partial charge in [-0.1, -0.05) is 0 Å². The molecule has 2 aromatic rings. The maximum Gasteiger partial charge on any atom is 0.235 e. The molecular formula is C9H6IN3O2. The molecule has 0 aliphatic rings. The van der Waals surface area contributed by atoms with E-state index in [2.05, 4.69) is 27.6 Å². The summed E-state index contributed by atoms with van der Waals surface area (Å²) >= 11 is 2.17. The quantitative estimate of drug-likeness (QED) is 0.485. The van der Waals surface area contributed by atoms with Gasteiger partial charge in [0.15, 0.2) is 0 Å². The van der Waals surface area contributed by atoms with Gasteiger partial charge < -0.3 is 0 Å². The molecule has 0 atom stereocenters. The van der Waals surface area contributed by atoms with E-state index in [9.17, 15) is 10.1 Å². The molecule has 0 aliphatic carbocycles. The second-order valence-corrected chi connectivity index (χ2v) is 3.98. The van der Waals surface area contributed by atoms with Gasteiger partial charge in [0, 0.05) is 12.3 Å². The molecule has 0 N–H and O–H groups in total. The van der Waals surface area contributed by atoms with Crippen LogP contribution in [0.15, 0.2) is 30.7 Å². The van der Waals surface area contributed by atoms with Crippen LogP contribution in [0.1, 0.15) is 5.56 Å². The van der Waals surface area contributed by atoms with Crippen molar-refractivity contribution in [1.82, 2.24) is 9.38 Å². The Morgan fingerprint density at radius 2 is 2.40 bits per heavy atom. The fraction of sp³-hybridized carbons (Fsp3) is 0. The average molecular weight is 315 g/mol. The molecular weight excluding hydrogens is 309 g/mol. The number of aromatic nitrogens is 2. The highest BCUT2D eigenvalue weighted by atomic mass is 127. The van der Waals surface area contributed by atoms with E-state index in [-0.39, 0.29) is 0 Å². The van der Waals surface area contributed by atoms with Crippen LogP contribution in [0.3, 0.4) is 0 Å². The third kappa shape index (κ3) is 2.14.